The predicted molar refractivity (Wildman–Crippen MR) is 65.8 cm³/mol. The lowest BCUT2D eigenvalue weighted by molar-refractivity contribution is 0.299. The zero-order valence-electron chi connectivity index (χ0n) is 9.85. The van der Waals surface area contributed by atoms with E-state index >= 15 is 0 Å². The van der Waals surface area contributed by atoms with Crippen LogP contribution >= 0.6 is 0 Å². The summed E-state index contributed by atoms with van der Waals surface area (Å²) in [6, 6.07) is 0. The first-order valence-corrected chi connectivity index (χ1v) is 8.72. The van der Waals surface area contributed by atoms with E-state index in [9.17, 15) is 0 Å². The lowest BCUT2D eigenvalue weighted by Gasteiger charge is -2.02. The van der Waals surface area contributed by atoms with Crippen LogP contribution in [0.3, 0.4) is 0 Å². The van der Waals surface area contributed by atoms with Gasteiger partial charge >= 0.3 is 0 Å². The molecule has 14 heavy (non-hydrogen) atoms. The second-order valence-corrected chi connectivity index (χ2v) is 9.36. The molecule has 0 aromatic carbocycles. The van der Waals surface area contributed by atoms with Gasteiger partial charge in [-0.25, -0.2) is 0 Å². The smallest absolute Gasteiger partial charge is 0.129 e. The van der Waals surface area contributed by atoms with E-state index in [-0.39, 0.29) is 6.61 Å². The fourth-order valence-electron chi connectivity index (χ4n) is 0.997. The Morgan fingerprint density at radius 3 is 2.50 bits per heavy atom. The number of aliphatic hydroxyl groups excluding tert-OH is 1. The highest BCUT2D eigenvalue weighted by Crippen LogP contribution is 2.02. The summed E-state index contributed by atoms with van der Waals surface area (Å²) in [4.78, 5) is 0. The first kappa shape index (κ1) is 13.5. The molecule has 0 saturated heterocycles. The minimum atomic E-state index is -1.17. The fourth-order valence-corrected chi connectivity index (χ4v) is 1.65. The third-order valence-corrected chi connectivity index (χ3v) is 2.66. The molecule has 0 aromatic heterocycles. The summed E-state index contributed by atoms with van der Waals surface area (Å²) in [5.74, 6) is 3.23. The molecule has 0 aliphatic carbocycles. The van der Waals surface area contributed by atoms with E-state index in [1.807, 2.05) is 0 Å². The topological polar surface area (TPSA) is 20.2 Å². The highest BCUT2D eigenvalue weighted by molar-refractivity contribution is 6.83. The quantitative estimate of drug-likeness (QED) is 0.327. The summed E-state index contributed by atoms with van der Waals surface area (Å²) in [6.45, 7) is 9.08. The van der Waals surface area contributed by atoms with E-state index in [0.29, 0.717) is 0 Å². The molecule has 80 valence electrons. The lowest BCUT2D eigenvalue weighted by Crippen LogP contribution is -2.16. The van der Waals surface area contributed by atoms with Crippen LogP contribution < -0.4 is 0 Å². The van der Waals surface area contributed by atoms with Crippen molar-refractivity contribution in [3.63, 3.8) is 0 Å². The van der Waals surface area contributed by atoms with E-state index in [1.165, 1.54) is 5.57 Å². The molecule has 0 fully saturated rings. The zero-order chi connectivity index (χ0) is 11.0. The molecule has 0 bridgehead atoms. The van der Waals surface area contributed by atoms with Gasteiger partial charge in [-0.05, 0) is 19.8 Å². The van der Waals surface area contributed by atoms with Crippen LogP contribution in [-0.4, -0.2) is 19.8 Å². The molecule has 0 amide bonds. The van der Waals surface area contributed by atoms with Gasteiger partial charge < -0.3 is 5.11 Å². The number of aliphatic hydroxyl groups is 1. The first-order chi connectivity index (χ1) is 6.45. The van der Waals surface area contributed by atoms with E-state index in [1.54, 1.807) is 0 Å². The van der Waals surface area contributed by atoms with Crippen LogP contribution in [0.25, 0.3) is 0 Å². The minimum Gasteiger partial charge on any atom is -0.396 e. The second kappa shape index (κ2) is 6.86. The molecule has 0 aromatic rings. The van der Waals surface area contributed by atoms with Crippen molar-refractivity contribution in [3.05, 3.63) is 11.6 Å². The van der Waals surface area contributed by atoms with Gasteiger partial charge in [-0.15, -0.1) is 11.5 Å². The number of allylic oxidation sites excluding steroid dienone is 1. The summed E-state index contributed by atoms with van der Waals surface area (Å²) in [7, 11) is -1.17. The Labute approximate surface area is 89.2 Å². The van der Waals surface area contributed by atoms with Crippen LogP contribution in [0.4, 0.5) is 0 Å². The van der Waals surface area contributed by atoms with Crippen molar-refractivity contribution in [2.75, 3.05) is 6.61 Å². The van der Waals surface area contributed by atoms with Gasteiger partial charge in [0.1, 0.15) is 8.07 Å². The van der Waals surface area contributed by atoms with Crippen molar-refractivity contribution in [2.45, 2.75) is 45.8 Å². The Bertz CT molecular complexity index is 237. The van der Waals surface area contributed by atoms with Crippen LogP contribution in [0.2, 0.25) is 19.6 Å². The van der Waals surface area contributed by atoms with E-state index in [4.69, 9.17) is 5.11 Å². The molecule has 0 heterocycles. The molecule has 2 heteroatoms. The third-order valence-electron chi connectivity index (χ3n) is 1.73. The van der Waals surface area contributed by atoms with Gasteiger partial charge in [0.05, 0.1) is 0 Å². The Balaban J connectivity index is 3.74. The van der Waals surface area contributed by atoms with Crippen molar-refractivity contribution in [1.29, 1.82) is 0 Å². The molecule has 0 saturated carbocycles. The van der Waals surface area contributed by atoms with Gasteiger partial charge in [0.2, 0.25) is 0 Å². The maximum absolute atomic E-state index is 8.68. The third kappa shape index (κ3) is 9.56. The Kier molecular flexibility index (Phi) is 6.60. The van der Waals surface area contributed by atoms with Crippen LogP contribution in [0.1, 0.15) is 26.2 Å². The van der Waals surface area contributed by atoms with Crippen molar-refractivity contribution in [3.8, 4) is 11.5 Å². The second-order valence-electron chi connectivity index (χ2n) is 4.61. The Morgan fingerprint density at radius 1 is 1.36 bits per heavy atom. The Hall–Kier alpha value is -0.523. The highest BCUT2D eigenvalue weighted by atomic mass is 28.3. The van der Waals surface area contributed by atoms with Gasteiger partial charge in [-0.2, -0.15) is 0 Å². The van der Waals surface area contributed by atoms with Crippen LogP contribution in [0.15, 0.2) is 11.6 Å². The molecule has 0 spiro atoms. The predicted octanol–water partition coefficient (Wildman–Crippen LogP) is 2.98. The summed E-state index contributed by atoms with van der Waals surface area (Å²) in [6.07, 6.45) is 4.94. The number of hydrogen-bond acceptors (Lipinski definition) is 1. The van der Waals surface area contributed by atoms with Crippen LogP contribution in [-0.2, 0) is 0 Å². The first-order valence-electron chi connectivity index (χ1n) is 5.22. The van der Waals surface area contributed by atoms with E-state index in [2.05, 4.69) is 44.1 Å². The summed E-state index contributed by atoms with van der Waals surface area (Å²) >= 11 is 0. The number of rotatable bonds is 4. The Morgan fingerprint density at radius 2 is 2.00 bits per heavy atom. The molecule has 1 nitrogen and oxygen atoms in total. The standard InChI is InChI=1S/C12H22OSi/c1-12(9-10-13)8-6-5-7-11-14(2,3)4/h8,13H,5-6,9-10H2,1-4H3/b12-8+. The summed E-state index contributed by atoms with van der Waals surface area (Å²) in [5.41, 5.74) is 4.60. The fraction of sp³-hybridized carbons (Fsp3) is 0.667. The van der Waals surface area contributed by atoms with Crippen molar-refractivity contribution >= 4 is 8.07 Å². The van der Waals surface area contributed by atoms with Crippen molar-refractivity contribution in [1.82, 2.24) is 0 Å². The SMILES string of the molecule is C/C(=C\CCC#C[Si](C)(C)C)CCO. The van der Waals surface area contributed by atoms with Gasteiger partial charge in [0, 0.05) is 13.0 Å². The molecule has 0 aliphatic rings. The largest absolute Gasteiger partial charge is 0.396 e. The van der Waals surface area contributed by atoms with E-state index < -0.39 is 8.07 Å². The van der Waals surface area contributed by atoms with Gasteiger partial charge in [0.25, 0.3) is 0 Å². The van der Waals surface area contributed by atoms with Crippen LogP contribution in [0, 0.1) is 11.5 Å². The maximum atomic E-state index is 8.68. The molecular weight excluding hydrogens is 188 g/mol. The van der Waals surface area contributed by atoms with Gasteiger partial charge in [0.15, 0.2) is 0 Å². The number of hydrogen-bond donors (Lipinski definition) is 1. The molecule has 0 atom stereocenters. The molecule has 0 rings (SSSR count). The number of unbranched alkanes of at least 4 members (excludes halogenated alkanes) is 1. The molecular formula is C12H22OSi. The van der Waals surface area contributed by atoms with E-state index in [0.717, 1.165) is 19.3 Å². The van der Waals surface area contributed by atoms with Crippen molar-refractivity contribution < 1.29 is 5.11 Å². The zero-order valence-corrected chi connectivity index (χ0v) is 10.9. The average Bonchev–Trinajstić information content (AvgIpc) is 2.02. The summed E-state index contributed by atoms with van der Waals surface area (Å²) < 4.78 is 0. The maximum Gasteiger partial charge on any atom is 0.129 e. The van der Waals surface area contributed by atoms with Gasteiger partial charge in [-0.1, -0.05) is 31.3 Å². The highest BCUT2D eigenvalue weighted by Gasteiger charge is 2.06. The minimum absolute atomic E-state index is 0.253. The van der Waals surface area contributed by atoms with Crippen LogP contribution in [0.5, 0.6) is 0 Å². The normalized spacial score (nSPS) is 12.2. The summed E-state index contributed by atoms with van der Waals surface area (Å²) in [5, 5.41) is 8.68. The van der Waals surface area contributed by atoms with Gasteiger partial charge in [-0.3, -0.25) is 0 Å². The van der Waals surface area contributed by atoms with Crippen molar-refractivity contribution in [2.24, 2.45) is 0 Å². The molecule has 0 aliphatic heterocycles. The lowest BCUT2D eigenvalue weighted by atomic mass is 10.1. The molecule has 0 unspecified atom stereocenters. The monoisotopic (exact) mass is 210 g/mol. The molecule has 0 radical (unpaired) electrons. The molecule has 1 N–H and O–H groups in total. The average molecular weight is 210 g/mol.